The van der Waals surface area contributed by atoms with Gasteiger partial charge >= 0.3 is 0 Å². The van der Waals surface area contributed by atoms with Gasteiger partial charge in [0.05, 0.1) is 0 Å². The Morgan fingerprint density at radius 2 is 2.38 bits per heavy atom. The van der Waals surface area contributed by atoms with Crippen LogP contribution in [0.5, 0.6) is 0 Å². The van der Waals surface area contributed by atoms with E-state index in [9.17, 15) is 4.39 Å². The van der Waals surface area contributed by atoms with Crippen LogP contribution in [0.15, 0.2) is 5.16 Å². The van der Waals surface area contributed by atoms with Crippen LogP contribution in [-0.4, -0.2) is 24.3 Å². The van der Waals surface area contributed by atoms with Gasteiger partial charge in [0.15, 0.2) is 0 Å². The molecule has 2 atom stereocenters. The molecule has 1 unspecified atom stereocenters. The molecule has 0 saturated carbocycles. The molecule has 0 radical (unpaired) electrons. The Kier molecular flexibility index (Phi) is 3.10. The van der Waals surface area contributed by atoms with E-state index in [0.717, 1.165) is 0 Å². The first-order valence-corrected chi connectivity index (χ1v) is 2.12. The van der Waals surface area contributed by atoms with E-state index < -0.39 is 12.5 Å². The van der Waals surface area contributed by atoms with Crippen molar-refractivity contribution in [1.82, 2.24) is 0 Å². The van der Waals surface area contributed by atoms with E-state index in [1.54, 1.807) is 0 Å². The zero-order chi connectivity index (χ0) is 6.57. The lowest BCUT2D eigenvalue weighted by Gasteiger charge is -2.06. The van der Waals surface area contributed by atoms with E-state index in [2.05, 4.69) is 16.7 Å². The van der Waals surface area contributed by atoms with Gasteiger partial charge in [0.1, 0.15) is 6.10 Å². The summed E-state index contributed by atoms with van der Waals surface area (Å²) in [5.74, 6) is 0. The predicted octanol–water partition coefficient (Wildman–Crippen LogP) is 0.295. The molecule has 0 spiro atoms. The SMILES string of the molecule is C=NOC(F)[C@H](C)O. The molecule has 0 aromatic carbocycles. The predicted molar refractivity (Wildman–Crippen MR) is 27.2 cm³/mol. The summed E-state index contributed by atoms with van der Waals surface area (Å²) in [6.45, 7) is 4.12. The number of aliphatic hydroxyl groups excluding tert-OH is 1. The van der Waals surface area contributed by atoms with Crippen LogP contribution >= 0.6 is 0 Å². The number of alkyl halides is 1. The van der Waals surface area contributed by atoms with Gasteiger partial charge in [0.2, 0.25) is 0 Å². The number of hydrogen-bond donors (Lipinski definition) is 1. The van der Waals surface area contributed by atoms with E-state index in [1.807, 2.05) is 0 Å². The number of aliphatic hydroxyl groups is 1. The standard InChI is InChI=1S/C4H8FNO2/c1-3(7)4(5)8-6-2/h3-4,7H,2H2,1H3/t3-,4?/m0/s1. The first-order chi connectivity index (χ1) is 3.68. The van der Waals surface area contributed by atoms with Gasteiger partial charge in [-0.2, -0.15) is 4.39 Å². The van der Waals surface area contributed by atoms with E-state index in [4.69, 9.17) is 5.11 Å². The summed E-state index contributed by atoms with van der Waals surface area (Å²) >= 11 is 0. The minimum Gasteiger partial charge on any atom is -0.386 e. The van der Waals surface area contributed by atoms with Crippen molar-refractivity contribution in [3.05, 3.63) is 0 Å². The van der Waals surface area contributed by atoms with E-state index in [-0.39, 0.29) is 0 Å². The van der Waals surface area contributed by atoms with Crippen LogP contribution < -0.4 is 0 Å². The Morgan fingerprint density at radius 3 is 2.50 bits per heavy atom. The average molecular weight is 121 g/mol. The molecule has 48 valence electrons. The van der Waals surface area contributed by atoms with E-state index >= 15 is 0 Å². The summed E-state index contributed by atoms with van der Waals surface area (Å²) in [5.41, 5.74) is 0. The van der Waals surface area contributed by atoms with Gasteiger partial charge in [0.25, 0.3) is 6.36 Å². The maximum absolute atomic E-state index is 11.9. The van der Waals surface area contributed by atoms with Crippen LogP contribution in [0.4, 0.5) is 4.39 Å². The lowest BCUT2D eigenvalue weighted by Crippen LogP contribution is -2.18. The lowest BCUT2D eigenvalue weighted by molar-refractivity contribution is -0.104. The molecule has 0 rings (SSSR count). The first-order valence-electron chi connectivity index (χ1n) is 2.12. The van der Waals surface area contributed by atoms with Crippen LogP contribution in [0.1, 0.15) is 6.92 Å². The zero-order valence-electron chi connectivity index (χ0n) is 4.54. The molecule has 4 heteroatoms. The Hall–Kier alpha value is -0.640. The van der Waals surface area contributed by atoms with Gasteiger partial charge in [-0.15, -0.1) is 0 Å². The molecule has 0 saturated heterocycles. The number of halogens is 1. The highest BCUT2D eigenvalue weighted by atomic mass is 19.1. The second-order valence-electron chi connectivity index (χ2n) is 1.33. The van der Waals surface area contributed by atoms with Crippen LogP contribution in [0.25, 0.3) is 0 Å². The quantitative estimate of drug-likeness (QED) is 0.431. The lowest BCUT2D eigenvalue weighted by atomic mass is 10.4. The summed E-state index contributed by atoms with van der Waals surface area (Å²) in [6, 6.07) is 0. The van der Waals surface area contributed by atoms with Gasteiger partial charge in [-0.25, -0.2) is 0 Å². The molecular weight excluding hydrogens is 113 g/mol. The maximum atomic E-state index is 11.9. The van der Waals surface area contributed by atoms with Crippen molar-refractivity contribution in [2.24, 2.45) is 5.16 Å². The second kappa shape index (κ2) is 3.37. The molecule has 0 aliphatic rings. The van der Waals surface area contributed by atoms with Crippen molar-refractivity contribution < 1.29 is 14.3 Å². The van der Waals surface area contributed by atoms with E-state index in [1.165, 1.54) is 6.92 Å². The molecule has 1 N–H and O–H groups in total. The zero-order valence-corrected chi connectivity index (χ0v) is 4.54. The van der Waals surface area contributed by atoms with Crippen LogP contribution in [0, 0.1) is 0 Å². The number of hydrogen-bond acceptors (Lipinski definition) is 3. The minimum absolute atomic E-state index is 1.15. The fourth-order valence-corrected chi connectivity index (χ4v) is 0.159. The van der Waals surface area contributed by atoms with Gasteiger partial charge in [-0.05, 0) is 6.92 Å². The Bertz CT molecular complexity index is 76.4. The molecule has 0 aliphatic carbocycles. The van der Waals surface area contributed by atoms with Crippen LogP contribution in [0.2, 0.25) is 0 Å². The van der Waals surface area contributed by atoms with Crippen molar-refractivity contribution in [3.63, 3.8) is 0 Å². The van der Waals surface area contributed by atoms with Crippen LogP contribution in [-0.2, 0) is 4.84 Å². The third-order valence-electron chi connectivity index (χ3n) is 0.555. The topological polar surface area (TPSA) is 41.8 Å². The molecule has 0 aromatic heterocycles. The summed E-state index contributed by atoms with van der Waals surface area (Å²) < 4.78 is 11.9. The third kappa shape index (κ3) is 2.52. The fourth-order valence-electron chi connectivity index (χ4n) is 0.159. The Balaban J connectivity index is 3.30. The molecule has 0 aromatic rings. The van der Waals surface area contributed by atoms with Gasteiger partial charge in [0, 0.05) is 6.72 Å². The van der Waals surface area contributed by atoms with Crippen molar-refractivity contribution in [1.29, 1.82) is 0 Å². The number of rotatable bonds is 3. The third-order valence-corrected chi connectivity index (χ3v) is 0.555. The highest BCUT2D eigenvalue weighted by Crippen LogP contribution is 1.98. The normalized spacial score (nSPS) is 16.9. The molecule has 0 bridgehead atoms. The van der Waals surface area contributed by atoms with Crippen molar-refractivity contribution in [3.8, 4) is 0 Å². The van der Waals surface area contributed by atoms with Gasteiger partial charge < -0.3 is 9.94 Å². The Morgan fingerprint density at radius 1 is 1.88 bits per heavy atom. The Labute approximate surface area is 46.8 Å². The van der Waals surface area contributed by atoms with Crippen molar-refractivity contribution in [2.75, 3.05) is 0 Å². The number of oxime groups is 1. The molecule has 3 nitrogen and oxygen atoms in total. The highest BCUT2D eigenvalue weighted by molar-refractivity contribution is 5.21. The maximum Gasteiger partial charge on any atom is 0.289 e. The first kappa shape index (κ1) is 7.36. The minimum atomic E-state index is -1.76. The second-order valence-corrected chi connectivity index (χ2v) is 1.33. The monoisotopic (exact) mass is 121 g/mol. The summed E-state index contributed by atoms with van der Waals surface area (Å²) in [4.78, 5) is 3.90. The highest BCUT2D eigenvalue weighted by Gasteiger charge is 2.12. The van der Waals surface area contributed by atoms with Gasteiger partial charge in [-0.1, -0.05) is 5.16 Å². The summed E-state index contributed by atoms with van der Waals surface area (Å²) in [6.07, 6.45) is -2.91. The number of nitrogens with zero attached hydrogens (tertiary/aromatic N) is 1. The van der Waals surface area contributed by atoms with Gasteiger partial charge in [-0.3, -0.25) is 0 Å². The molecule has 0 heterocycles. The summed E-state index contributed by atoms with van der Waals surface area (Å²) in [7, 11) is 0. The van der Waals surface area contributed by atoms with Crippen molar-refractivity contribution >= 4 is 6.72 Å². The van der Waals surface area contributed by atoms with Crippen molar-refractivity contribution in [2.45, 2.75) is 19.4 Å². The molecule has 0 amide bonds. The molecule has 8 heavy (non-hydrogen) atoms. The summed E-state index contributed by atoms with van der Waals surface area (Å²) in [5, 5.41) is 11.1. The average Bonchev–Trinajstić information content (AvgIpc) is 1.67. The fraction of sp³-hybridized carbons (Fsp3) is 0.750. The molecule has 0 aliphatic heterocycles. The molecular formula is C4H8FNO2. The van der Waals surface area contributed by atoms with Crippen LogP contribution in [0.3, 0.4) is 0 Å². The largest absolute Gasteiger partial charge is 0.386 e. The smallest absolute Gasteiger partial charge is 0.289 e. The van der Waals surface area contributed by atoms with E-state index in [0.29, 0.717) is 0 Å². The molecule has 0 fully saturated rings.